The van der Waals surface area contributed by atoms with Crippen molar-refractivity contribution < 1.29 is 23.8 Å². The monoisotopic (exact) mass is 454 g/mol. The van der Waals surface area contributed by atoms with Crippen LogP contribution in [-0.2, 0) is 14.3 Å². The summed E-state index contributed by atoms with van der Waals surface area (Å²) in [6, 6.07) is 2.06. The second kappa shape index (κ2) is 7.07. The molecule has 0 radical (unpaired) electrons. The molecule has 0 amide bonds. The Labute approximate surface area is 197 Å². The third-order valence-electron chi connectivity index (χ3n) is 10.6. The van der Waals surface area contributed by atoms with Crippen molar-refractivity contribution in [2.75, 3.05) is 0 Å². The van der Waals surface area contributed by atoms with Crippen molar-refractivity contribution in [3.05, 3.63) is 35.8 Å². The minimum Gasteiger partial charge on any atom is -0.472 e. The van der Waals surface area contributed by atoms with Crippen molar-refractivity contribution in [2.24, 2.45) is 33.5 Å². The van der Waals surface area contributed by atoms with Gasteiger partial charge in [0.05, 0.1) is 12.5 Å². The van der Waals surface area contributed by atoms with Gasteiger partial charge in [-0.3, -0.25) is 9.59 Å². The number of hydrogen-bond donors (Lipinski definition) is 1. The molecule has 8 atom stereocenters. The molecule has 5 heteroatoms. The molecule has 1 aromatic heterocycles. The smallest absolute Gasteiger partial charge is 0.303 e. The molecule has 3 fully saturated rings. The fourth-order valence-corrected chi connectivity index (χ4v) is 9.23. The van der Waals surface area contributed by atoms with E-state index in [1.807, 2.05) is 20.1 Å². The number of hydrogen-bond acceptors (Lipinski definition) is 5. The molecule has 33 heavy (non-hydrogen) atoms. The molecule has 3 saturated carbocycles. The van der Waals surface area contributed by atoms with Gasteiger partial charge in [0, 0.05) is 30.1 Å². The normalized spacial score (nSPS) is 46.1. The summed E-state index contributed by atoms with van der Waals surface area (Å²) in [7, 11) is 0. The second-order valence-electron chi connectivity index (χ2n) is 12.4. The zero-order chi connectivity index (χ0) is 24.0. The molecule has 1 aromatic rings. The van der Waals surface area contributed by atoms with E-state index in [1.165, 1.54) is 18.1 Å². The van der Waals surface area contributed by atoms with Gasteiger partial charge in [-0.1, -0.05) is 46.3 Å². The minimum absolute atomic E-state index is 0.0833. The highest BCUT2D eigenvalue weighted by Crippen LogP contribution is 2.73. The average Bonchev–Trinajstić information content (AvgIpc) is 3.36. The first-order valence-electron chi connectivity index (χ1n) is 12.5. The van der Waals surface area contributed by atoms with E-state index < -0.39 is 29.0 Å². The SMILES string of the molecule is CC(=O)O[C@H]1[C@@H](O)C2(C)C3=CC[C@@H](c4ccoc4)[C@]3(C)CC[C@@H]2[C@@]2(C)CCC(=O)C(C)(C)[C@H]12. The van der Waals surface area contributed by atoms with Crippen LogP contribution in [-0.4, -0.2) is 29.1 Å². The number of allylic oxidation sites excluding steroid dienone is 1. The highest BCUT2D eigenvalue weighted by atomic mass is 16.6. The summed E-state index contributed by atoms with van der Waals surface area (Å²) >= 11 is 0. The number of esters is 1. The molecule has 0 bridgehead atoms. The fraction of sp³-hybridized carbons (Fsp3) is 0.714. The number of Topliss-reactive ketones (excluding diaryl/α,β-unsaturated/α-hetero) is 1. The molecule has 0 saturated heterocycles. The molecule has 0 spiro atoms. The first-order chi connectivity index (χ1) is 15.4. The molecule has 180 valence electrons. The Bertz CT molecular complexity index is 1010. The number of fused-ring (bicyclic) bond motifs is 5. The Hall–Kier alpha value is -1.88. The van der Waals surface area contributed by atoms with Gasteiger partial charge in [0.2, 0.25) is 0 Å². The summed E-state index contributed by atoms with van der Waals surface area (Å²) in [4.78, 5) is 25.3. The number of aliphatic hydroxyl groups is 1. The number of furan rings is 1. The first kappa shape index (κ1) is 22.9. The number of ketones is 1. The molecule has 4 aliphatic rings. The van der Waals surface area contributed by atoms with Gasteiger partial charge in [-0.05, 0) is 60.0 Å². The maximum atomic E-state index is 13.1. The summed E-state index contributed by atoms with van der Waals surface area (Å²) in [5.74, 6) is 0.135. The van der Waals surface area contributed by atoms with Gasteiger partial charge in [-0.25, -0.2) is 0 Å². The molecule has 1 heterocycles. The molecule has 0 aromatic carbocycles. The van der Waals surface area contributed by atoms with Crippen LogP contribution in [0.2, 0.25) is 0 Å². The van der Waals surface area contributed by atoms with Crippen LogP contribution in [0.25, 0.3) is 0 Å². The van der Waals surface area contributed by atoms with Crippen molar-refractivity contribution in [2.45, 2.75) is 91.8 Å². The molecule has 4 aliphatic carbocycles. The maximum absolute atomic E-state index is 13.1. The second-order valence-corrected chi connectivity index (χ2v) is 12.4. The van der Waals surface area contributed by atoms with E-state index in [-0.39, 0.29) is 28.4 Å². The van der Waals surface area contributed by atoms with E-state index in [4.69, 9.17) is 9.15 Å². The van der Waals surface area contributed by atoms with Crippen LogP contribution in [0.5, 0.6) is 0 Å². The minimum atomic E-state index is -0.858. The van der Waals surface area contributed by atoms with Crippen LogP contribution < -0.4 is 0 Å². The third-order valence-corrected chi connectivity index (χ3v) is 10.6. The molecule has 0 aliphatic heterocycles. The Morgan fingerprint density at radius 3 is 2.55 bits per heavy atom. The van der Waals surface area contributed by atoms with Crippen molar-refractivity contribution >= 4 is 11.8 Å². The van der Waals surface area contributed by atoms with E-state index in [1.54, 1.807) is 6.26 Å². The Morgan fingerprint density at radius 1 is 1.18 bits per heavy atom. The summed E-state index contributed by atoms with van der Waals surface area (Å²) in [5, 5.41) is 12.1. The van der Waals surface area contributed by atoms with E-state index >= 15 is 0 Å². The Balaban J connectivity index is 1.65. The number of carbonyl (C=O) groups excluding carboxylic acids is 2. The van der Waals surface area contributed by atoms with Crippen molar-refractivity contribution in [1.82, 2.24) is 0 Å². The highest BCUT2D eigenvalue weighted by molar-refractivity contribution is 5.85. The number of rotatable bonds is 2. The van der Waals surface area contributed by atoms with Crippen molar-refractivity contribution in [1.29, 1.82) is 0 Å². The van der Waals surface area contributed by atoms with Gasteiger partial charge in [-0.15, -0.1) is 0 Å². The molecule has 5 nitrogen and oxygen atoms in total. The van der Waals surface area contributed by atoms with Gasteiger partial charge in [0.25, 0.3) is 0 Å². The van der Waals surface area contributed by atoms with Gasteiger partial charge in [0.15, 0.2) is 0 Å². The average molecular weight is 455 g/mol. The lowest BCUT2D eigenvalue weighted by Crippen LogP contribution is -2.70. The fourth-order valence-electron chi connectivity index (χ4n) is 9.23. The van der Waals surface area contributed by atoms with Crippen LogP contribution in [0.1, 0.15) is 85.1 Å². The van der Waals surface area contributed by atoms with Crippen LogP contribution in [0, 0.1) is 33.5 Å². The zero-order valence-corrected chi connectivity index (χ0v) is 20.8. The van der Waals surface area contributed by atoms with Gasteiger partial charge in [-0.2, -0.15) is 0 Å². The standard InChI is InChI=1S/C28H38O5/c1-16(29)33-22-23-25(2,3)21(30)10-13-27(23,5)20-9-12-26(4)18(17-11-14-32-15-17)7-8-19(26)28(20,6)24(22)31/h8,11,14-15,18,20,22-24,31H,7,9-10,12-13H2,1-6H3/t18-,20+,22+,23-,24+,26-,27+,28?/m0/s1. The Morgan fingerprint density at radius 2 is 1.91 bits per heavy atom. The van der Waals surface area contributed by atoms with Crippen LogP contribution in [0.4, 0.5) is 0 Å². The molecule has 1 unspecified atom stereocenters. The quantitative estimate of drug-likeness (QED) is 0.476. The van der Waals surface area contributed by atoms with E-state index in [0.29, 0.717) is 12.3 Å². The third kappa shape index (κ3) is 2.81. The van der Waals surface area contributed by atoms with E-state index in [2.05, 4.69) is 32.9 Å². The first-order valence-corrected chi connectivity index (χ1v) is 12.5. The van der Waals surface area contributed by atoms with Crippen molar-refractivity contribution in [3.8, 4) is 0 Å². The van der Waals surface area contributed by atoms with Crippen molar-refractivity contribution in [3.63, 3.8) is 0 Å². The summed E-state index contributed by atoms with van der Waals surface area (Å²) in [6.07, 6.45) is 8.64. The lowest BCUT2D eigenvalue weighted by atomic mass is 9.36. The molecular weight excluding hydrogens is 416 g/mol. The van der Waals surface area contributed by atoms with Crippen LogP contribution >= 0.6 is 0 Å². The summed E-state index contributed by atoms with van der Waals surface area (Å²) in [5.41, 5.74) is 1.05. The number of carbonyl (C=O) groups is 2. The summed E-state index contributed by atoms with van der Waals surface area (Å²) in [6.45, 7) is 12.2. The Kier molecular flexibility index (Phi) is 4.90. The summed E-state index contributed by atoms with van der Waals surface area (Å²) < 4.78 is 11.4. The topological polar surface area (TPSA) is 76.7 Å². The maximum Gasteiger partial charge on any atom is 0.303 e. The molecule has 5 rings (SSSR count). The largest absolute Gasteiger partial charge is 0.472 e. The van der Waals surface area contributed by atoms with Crippen LogP contribution in [0.3, 0.4) is 0 Å². The number of aliphatic hydroxyl groups excluding tert-OH is 1. The lowest BCUT2D eigenvalue weighted by Gasteiger charge is -2.68. The molecular formula is C28H38O5. The predicted molar refractivity (Wildman–Crippen MR) is 124 cm³/mol. The van der Waals surface area contributed by atoms with E-state index in [9.17, 15) is 14.7 Å². The van der Waals surface area contributed by atoms with Gasteiger partial charge >= 0.3 is 5.97 Å². The van der Waals surface area contributed by atoms with Gasteiger partial charge < -0.3 is 14.3 Å². The highest BCUT2D eigenvalue weighted by Gasteiger charge is 2.72. The van der Waals surface area contributed by atoms with Gasteiger partial charge in [0.1, 0.15) is 18.0 Å². The number of ether oxygens (including phenoxy) is 1. The lowest BCUT2D eigenvalue weighted by molar-refractivity contribution is -0.245. The zero-order valence-electron chi connectivity index (χ0n) is 20.8. The van der Waals surface area contributed by atoms with E-state index in [0.717, 1.165) is 25.7 Å². The molecule has 1 N–H and O–H groups in total. The van der Waals surface area contributed by atoms with Crippen LogP contribution in [0.15, 0.2) is 34.7 Å². The predicted octanol–water partition coefficient (Wildman–Crippen LogP) is 5.43.